The summed E-state index contributed by atoms with van der Waals surface area (Å²) in [5, 5.41) is 13.5. The van der Waals surface area contributed by atoms with E-state index in [0.717, 1.165) is 5.56 Å². The third-order valence-electron chi connectivity index (χ3n) is 5.33. The predicted molar refractivity (Wildman–Crippen MR) is 118 cm³/mol. The molecule has 1 unspecified atom stereocenters. The maximum Gasteiger partial charge on any atom is 0.248 e. The number of halogens is 3. The number of hydrogen-bond acceptors (Lipinski definition) is 6. The van der Waals surface area contributed by atoms with Crippen LogP contribution in [0.15, 0.2) is 36.8 Å². The normalized spacial score (nSPS) is 14.8. The summed E-state index contributed by atoms with van der Waals surface area (Å²) < 4.78 is 21.6. The van der Waals surface area contributed by atoms with Crippen LogP contribution in [-0.4, -0.2) is 50.4 Å². The van der Waals surface area contributed by atoms with E-state index in [1.165, 1.54) is 12.1 Å². The molecule has 1 aromatic carbocycles. The number of carbonyl (C=O) groups is 1. The summed E-state index contributed by atoms with van der Waals surface area (Å²) in [6.07, 6.45) is 4.43. The Hall–Kier alpha value is -2.88. The minimum Gasteiger partial charge on any atom is -0.482 e. The van der Waals surface area contributed by atoms with Gasteiger partial charge >= 0.3 is 0 Å². The highest BCUT2D eigenvalue weighted by Gasteiger charge is 2.32. The van der Waals surface area contributed by atoms with Crippen LogP contribution in [0.2, 0.25) is 10.0 Å². The fraction of sp³-hybridized carbons (Fsp3) is 0.286. The fourth-order valence-electron chi connectivity index (χ4n) is 3.49. The highest BCUT2D eigenvalue weighted by atomic mass is 35.5. The maximum absolute atomic E-state index is 13.9. The Morgan fingerprint density at radius 2 is 2.09 bits per heavy atom. The van der Waals surface area contributed by atoms with E-state index in [1.54, 1.807) is 35.0 Å². The second-order valence-corrected chi connectivity index (χ2v) is 8.23. The first kappa shape index (κ1) is 22.3. The molecule has 4 rings (SSSR count). The van der Waals surface area contributed by atoms with Crippen LogP contribution >= 0.6 is 23.2 Å². The first-order valence-electron chi connectivity index (χ1n) is 9.77. The van der Waals surface area contributed by atoms with E-state index in [-0.39, 0.29) is 27.8 Å². The van der Waals surface area contributed by atoms with Gasteiger partial charge in [-0.25, -0.2) is 9.37 Å². The van der Waals surface area contributed by atoms with Crippen molar-refractivity contribution >= 4 is 34.9 Å². The summed E-state index contributed by atoms with van der Waals surface area (Å²) in [6.45, 7) is 2.16. The first-order valence-corrected chi connectivity index (χ1v) is 10.5. The van der Waals surface area contributed by atoms with E-state index in [1.807, 2.05) is 6.20 Å². The number of aliphatic hydroxyl groups is 1. The molecule has 1 saturated heterocycles. The van der Waals surface area contributed by atoms with Crippen molar-refractivity contribution in [3.05, 3.63) is 58.2 Å². The Balaban J connectivity index is 1.52. The van der Waals surface area contributed by atoms with Gasteiger partial charge in [-0.15, -0.1) is 0 Å². The molecule has 168 valence electrons. The molecule has 0 spiro atoms. The van der Waals surface area contributed by atoms with Crippen LogP contribution in [-0.2, 0) is 4.79 Å². The Morgan fingerprint density at radius 3 is 2.81 bits per heavy atom. The van der Waals surface area contributed by atoms with E-state index in [0.29, 0.717) is 30.0 Å². The number of pyridine rings is 1. The minimum atomic E-state index is -0.683. The monoisotopic (exact) mass is 479 g/mol. The van der Waals surface area contributed by atoms with Crippen molar-refractivity contribution in [1.82, 2.24) is 19.7 Å². The molecule has 0 radical (unpaired) electrons. The van der Waals surface area contributed by atoms with Gasteiger partial charge < -0.3 is 20.5 Å². The topological polar surface area (TPSA) is 106 Å². The van der Waals surface area contributed by atoms with E-state index in [2.05, 4.69) is 10.1 Å². The predicted octanol–water partition coefficient (Wildman–Crippen LogP) is 3.49. The Bertz CT molecular complexity index is 1170. The molecule has 1 fully saturated rings. The molecular weight excluding hydrogens is 460 g/mol. The number of likely N-dealkylation sites (tertiary alicyclic amines) is 1. The molecule has 11 heteroatoms. The molecular formula is C21H20Cl2FN5O3. The standard InChI is InChI=1S/C21H20Cl2FN5O3/c1-11(19-15(22)2-3-16(24)20(19)23)32-17-4-12(5-26-21(17)25)13-6-27-29(7-13)14-8-28(9-14)18(31)10-30/h2-7,11,14,30H,8-10H2,1H3,(H2,25,26). The van der Waals surface area contributed by atoms with Gasteiger partial charge in [0.15, 0.2) is 11.6 Å². The molecule has 1 aliphatic heterocycles. The molecule has 8 nitrogen and oxygen atoms in total. The second kappa shape index (κ2) is 8.93. The van der Waals surface area contributed by atoms with E-state index in [4.69, 9.17) is 38.8 Å². The van der Waals surface area contributed by atoms with Crippen molar-refractivity contribution in [3.8, 4) is 16.9 Å². The third-order valence-corrected chi connectivity index (χ3v) is 6.04. The number of nitrogen functional groups attached to an aromatic ring is 1. The van der Waals surface area contributed by atoms with Crippen molar-refractivity contribution in [2.24, 2.45) is 0 Å². The molecule has 1 aliphatic rings. The lowest BCUT2D eigenvalue weighted by atomic mass is 10.1. The lowest BCUT2D eigenvalue weighted by Crippen LogP contribution is -2.51. The third kappa shape index (κ3) is 4.23. The van der Waals surface area contributed by atoms with Crippen molar-refractivity contribution in [3.63, 3.8) is 0 Å². The number of hydrogen-bond donors (Lipinski definition) is 2. The van der Waals surface area contributed by atoms with Crippen molar-refractivity contribution < 1.29 is 19.0 Å². The van der Waals surface area contributed by atoms with Crippen LogP contribution < -0.4 is 10.5 Å². The molecule has 2 aromatic heterocycles. The summed E-state index contributed by atoms with van der Waals surface area (Å²) in [5.41, 5.74) is 7.80. The highest BCUT2D eigenvalue weighted by Crippen LogP contribution is 2.37. The summed E-state index contributed by atoms with van der Waals surface area (Å²) in [5.74, 6) is -0.439. The summed E-state index contributed by atoms with van der Waals surface area (Å²) in [7, 11) is 0. The van der Waals surface area contributed by atoms with E-state index >= 15 is 0 Å². The van der Waals surface area contributed by atoms with Crippen molar-refractivity contribution in [2.75, 3.05) is 25.4 Å². The van der Waals surface area contributed by atoms with Gasteiger partial charge in [0.2, 0.25) is 5.91 Å². The molecule has 0 aliphatic carbocycles. The zero-order valence-electron chi connectivity index (χ0n) is 17.0. The Kier molecular flexibility index (Phi) is 6.23. The second-order valence-electron chi connectivity index (χ2n) is 7.44. The maximum atomic E-state index is 13.9. The van der Waals surface area contributed by atoms with Gasteiger partial charge in [-0.2, -0.15) is 5.10 Å². The van der Waals surface area contributed by atoms with E-state index in [9.17, 15) is 9.18 Å². The van der Waals surface area contributed by atoms with Crippen molar-refractivity contribution in [2.45, 2.75) is 19.1 Å². The van der Waals surface area contributed by atoms with Crippen LogP contribution in [0.4, 0.5) is 10.2 Å². The lowest BCUT2D eigenvalue weighted by Gasteiger charge is -2.38. The van der Waals surface area contributed by atoms with Crippen molar-refractivity contribution in [1.29, 1.82) is 0 Å². The van der Waals surface area contributed by atoms with Gasteiger partial charge in [0.25, 0.3) is 0 Å². The molecule has 3 heterocycles. The SMILES string of the molecule is CC(Oc1cc(-c2cnn(C3CN(C(=O)CO)C3)c2)cnc1N)c1c(Cl)ccc(F)c1Cl. The van der Waals surface area contributed by atoms with Gasteiger partial charge in [-0.3, -0.25) is 9.48 Å². The molecule has 3 aromatic rings. The Morgan fingerprint density at radius 1 is 1.34 bits per heavy atom. The van der Waals surface area contributed by atoms with Crippen LogP contribution in [0.3, 0.4) is 0 Å². The molecule has 1 amide bonds. The quantitative estimate of drug-likeness (QED) is 0.524. The average Bonchev–Trinajstić information content (AvgIpc) is 3.21. The van der Waals surface area contributed by atoms with E-state index < -0.39 is 18.5 Å². The van der Waals surface area contributed by atoms with Crippen LogP contribution in [0.25, 0.3) is 11.1 Å². The zero-order chi connectivity index (χ0) is 23.0. The van der Waals surface area contributed by atoms with Crippen LogP contribution in [0.5, 0.6) is 5.75 Å². The average molecular weight is 480 g/mol. The number of ether oxygens (including phenoxy) is 1. The molecule has 3 N–H and O–H groups in total. The molecule has 32 heavy (non-hydrogen) atoms. The number of nitrogens with two attached hydrogens (primary N) is 1. The van der Waals surface area contributed by atoms with Crippen LogP contribution in [0.1, 0.15) is 24.6 Å². The number of nitrogens with zero attached hydrogens (tertiary/aromatic N) is 4. The van der Waals surface area contributed by atoms with Gasteiger partial charge in [-0.1, -0.05) is 23.2 Å². The summed E-state index contributed by atoms with van der Waals surface area (Å²) >= 11 is 12.3. The summed E-state index contributed by atoms with van der Waals surface area (Å²) in [6, 6.07) is 4.36. The van der Waals surface area contributed by atoms with Gasteiger partial charge in [0, 0.05) is 47.2 Å². The smallest absolute Gasteiger partial charge is 0.248 e. The number of amides is 1. The first-order chi connectivity index (χ1) is 15.3. The number of aromatic nitrogens is 3. The number of carbonyl (C=O) groups excluding carboxylic acids is 1. The largest absolute Gasteiger partial charge is 0.482 e. The number of aliphatic hydroxyl groups excluding tert-OH is 1. The molecule has 0 bridgehead atoms. The Labute approximate surface area is 193 Å². The molecule has 0 saturated carbocycles. The van der Waals surface area contributed by atoms with Gasteiger partial charge in [0.1, 0.15) is 18.5 Å². The van der Waals surface area contributed by atoms with Gasteiger partial charge in [0.05, 0.1) is 17.3 Å². The van der Waals surface area contributed by atoms with Gasteiger partial charge in [-0.05, 0) is 25.1 Å². The minimum absolute atomic E-state index is 0.0361. The lowest BCUT2D eigenvalue weighted by molar-refractivity contribution is -0.140. The number of anilines is 1. The fourth-order valence-corrected chi connectivity index (χ4v) is 4.16. The van der Waals surface area contributed by atoms with Crippen LogP contribution in [0, 0.1) is 5.82 Å². The highest BCUT2D eigenvalue weighted by molar-refractivity contribution is 6.36. The number of rotatable bonds is 6. The molecule has 1 atom stereocenters. The number of benzene rings is 1. The zero-order valence-corrected chi connectivity index (χ0v) is 18.5. The summed E-state index contributed by atoms with van der Waals surface area (Å²) in [4.78, 5) is 17.2.